The van der Waals surface area contributed by atoms with Crippen LogP contribution in [0.1, 0.15) is 17.8 Å². The zero-order valence-electron chi connectivity index (χ0n) is 14.1. The average molecular weight is 367 g/mol. The van der Waals surface area contributed by atoms with E-state index in [-0.39, 0.29) is 12.5 Å². The number of hydrogen-bond acceptors (Lipinski definition) is 8. The molecule has 0 atom stereocenters. The van der Waals surface area contributed by atoms with Crippen LogP contribution in [0.2, 0.25) is 0 Å². The van der Waals surface area contributed by atoms with Crippen molar-refractivity contribution < 1.29 is 13.2 Å². The third-order valence-electron chi connectivity index (χ3n) is 3.82. The highest BCUT2D eigenvalue weighted by molar-refractivity contribution is 7.88. The van der Waals surface area contributed by atoms with E-state index < -0.39 is 10.0 Å². The molecule has 136 valence electrons. The molecular weight excluding hydrogens is 346 g/mol. The summed E-state index contributed by atoms with van der Waals surface area (Å²) in [5.74, 6) is 1.26. The van der Waals surface area contributed by atoms with Gasteiger partial charge in [-0.2, -0.15) is 15.1 Å². The highest BCUT2D eigenvalue weighted by Crippen LogP contribution is 2.23. The van der Waals surface area contributed by atoms with Gasteiger partial charge in [0.05, 0.1) is 37.8 Å². The van der Waals surface area contributed by atoms with E-state index in [2.05, 4.69) is 24.7 Å². The summed E-state index contributed by atoms with van der Waals surface area (Å²) in [6, 6.07) is 3.65. The molecular formula is C14H21N7O3S. The van der Waals surface area contributed by atoms with Crippen molar-refractivity contribution in [1.82, 2.24) is 24.5 Å². The number of aryl methyl sites for hydroxylation is 1. The fourth-order valence-electron chi connectivity index (χ4n) is 2.71. The molecule has 10 nitrogen and oxygen atoms in total. The van der Waals surface area contributed by atoms with E-state index in [1.807, 2.05) is 10.7 Å². The first-order valence-electron chi connectivity index (χ1n) is 7.78. The van der Waals surface area contributed by atoms with Gasteiger partial charge in [0.25, 0.3) is 0 Å². The molecule has 2 aromatic heterocycles. The number of nitrogens with one attached hydrogen (secondary N) is 1. The molecule has 0 spiro atoms. The number of methoxy groups -OCH3 is 1. The molecule has 0 aliphatic carbocycles. The predicted octanol–water partition coefficient (Wildman–Crippen LogP) is -0.277. The Kier molecular flexibility index (Phi) is 4.77. The highest BCUT2D eigenvalue weighted by Gasteiger charge is 2.19. The number of ether oxygens (including phenoxy) is 1. The lowest BCUT2D eigenvalue weighted by Crippen LogP contribution is -2.24. The van der Waals surface area contributed by atoms with Crippen molar-refractivity contribution in [2.75, 3.05) is 30.5 Å². The molecule has 0 unspecified atom stereocenters. The van der Waals surface area contributed by atoms with Gasteiger partial charge in [-0.15, -0.1) is 0 Å². The maximum absolute atomic E-state index is 11.2. The lowest BCUT2D eigenvalue weighted by molar-refractivity contribution is 0.397. The second-order valence-electron chi connectivity index (χ2n) is 5.85. The van der Waals surface area contributed by atoms with Crippen molar-refractivity contribution in [1.29, 1.82) is 0 Å². The van der Waals surface area contributed by atoms with Gasteiger partial charge in [-0.05, 0) is 12.5 Å². The van der Waals surface area contributed by atoms with E-state index in [1.165, 1.54) is 7.11 Å². The molecule has 3 N–H and O–H groups in total. The molecule has 2 aromatic rings. The van der Waals surface area contributed by atoms with E-state index in [0.717, 1.165) is 31.5 Å². The van der Waals surface area contributed by atoms with Crippen LogP contribution in [0.5, 0.6) is 5.88 Å². The summed E-state index contributed by atoms with van der Waals surface area (Å²) in [5, 5.41) is 4.47. The van der Waals surface area contributed by atoms with Crippen LogP contribution in [-0.4, -0.2) is 48.1 Å². The van der Waals surface area contributed by atoms with Crippen molar-refractivity contribution in [2.24, 2.45) is 0 Å². The molecule has 0 aromatic carbocycles. The summed E-state index contributed by atoms with van der Waals surface area (Å²) in [4.78, 5) is 10.4. The Morgan fingerprint density at radius 2 is 2.12 bits per heavy atom. The van der Waals surface area contributed by atoms with Gasteiger partial charge in [-0.1, -0.05) is 0 Å². The summed E-state index contributed by atoms with van der Waals surface area (Å²) in [6.45, 7) is 2.31. The van der Waals surface area contributed by atoms with Crippen LogP contribution in [0.3, 0.4) is 0 Å². The van der Waals surface area contributed by atoms with Crippen LogP contribution in [0.25, 0.3) is 0 Å². The summed E-state index contributed by atoms with van der Waals surface area (Å²) < 4.78 is 32.0. The molecule has 1 aliphatic rings. The Bertz CT molecular complexity index is 865. The number of rotatable bonds is 5. The van der Waals surface area contributed by atoms with Crippen molar-refractivity contribution in [3.63, 3.8) is 0 Å². The lowest BCUT2D eigenvalue weighted by Gasteiger charge is -2.21. The molecule has 1 aliphatic heterocycles. The zero-order chi connectivity index (χ0) is 18.0. The van der Waals surface area contributed by atoms with E-state index in [0.29, 0.717) is 23.9 Å². The highest BCUT2D eigenvalue weighted by atomic mass is 32.2. The van der Waals surface area contributed by atoms with Crippen molar-refractivity contribution >= 4 is 21.8 Å². The Balaban J connectivity index is 1.81. The molecule has 0 fully saturated rings. The van der Waals surface area contributed by atoms with Crippen LogP contribution >= 0.6 is 0 Å². The van der Waals surface area contributed by atoms with E-state index >= 15 is 0 Å². The van der Waals surface area contributed by atoms with Gasteiger partial charge in [0.1, 0.15) is 5.82 Å². The summed E-state index contributed by atoms with van der Waals surface area (Å²) >= 11 is 0. The molecule has 11 heteroatoms. The molecule has 0 bridgehead atoms. The molecule has 0 radical (unpaired) electrons. The number of nitrogens with two attached hydrogens (primary N) is 1. The third-order valence-corrected chi connectivity index (χ3v) is 4.49. The Morgan fingerprint density at radius 1 is 1.32 bits per heavy atom. The average Bonchev–Trinajstić information content (AvgIpc) is 2.82. The van der Waals surface area contributed by atoms with Gasteiger partial charge in [0, 0.05) is 19.2 Å². The first-order chi connectivity index (χ1) is 11.8. The van der Waals surface area contributed by atoms with Crippen LogP contribution < -0.4 is 20.1 Å². The van der Waals surface area contributed by atoms with Gasteiger partial charge in [0.15, 0.2) is 0 Å². The smallest absolute Gasteiger partial charge is 0.225 e. The van der Waals surface area contributed by atoms with Crippen LogP contribution in [0, 0.1) is 0 Å². The Hall–Kier alpha value is -2.40. The van der Waals surface area contributed by atoms with E-state index in [9.17, 15) is 8.42 Å². The standard InChI is InChI=1S/C14H21N7O3S/c1-24-13-7-12(17-14(15)18-13)20-4-3-5-21-11(9-20)6-10(19-21)8-16-25(2,22)23/h6-7,16H,3-5,8-9H2,1-2H3,(H2,15,17,18). The van der Waals surface area contributed by atoms with E-state index in [1.54, 1.807) is 6.07 Å². The van der Waals surface area contributed by atoms with Gasteiger partial charge < -0.3 is 15.4 Å². The largest absolute Gasteiger partial charge is 0.481 e. The van der Waals surface area contributed by atoms with Crippen molar-refractivity contribution in [3.05, 3.63) is 23.5 Å². The summed E-state index contributed by atoms with van der Waals surface area (Å²) in [5.41, 5.74) is 7.42. The van der Waals surface area contributed by atoms with Gasteiger partial charge >= 0.3 is 0 Å². The van der Waals surface area contributed by atoms with Crippen LogP contribution in [0.15, 0.2) is 12.1 Å². The molecule has 25 heavy (non-hydrogen) atoms. The first-order valence-corrected chi connectivity index (χ1v) is 9.67. The Labute approximate surface area is 146 Å². The predicted molar refractivity (Wildman–Crippen MR) is 92.6 cm³/mol. The molecule has 0 saturated heterocycles. The van der Waals surface area contributed by atoms with E-state index in [4.69, 9.17) is 10.5 Å². The summed E-state index contributed by atoms with van der Waals surface area (Å²) in [7, 11) is -1.72. The van der Waals surface area contributed by atoms with Crippen molar-refractivity contribution in [2.45, 2.75) is 26.1 Å². The topological polar surface area (TPSA) is 128 Å². The molecule has 3 rings (SSSR count). The van der Waals surface area contributed by atoms with Gasteiger partial charge in [0.2, 0.25) is 21.9 Å². The second kappa shape index (κ2) is 6.84. The lowest BCUT2D eigenvalue weighted by atomic mass is 10.3. The number of hydrogen-bond donors (Lipinski definition) is 2. The monoisotopic (exact) mass is 367 g/mol. The third kappa shape index (κ3) is 4.37. The first kappa shape index (κ1) is 17.4. The summed E-state index contributed by atoms with van der Waals surface area (Å²) in [6.07, 6.45) is 2.00. The zero-order valence-corrected chi connectivity index (χ0v) is 15.0. The minimum absolute atomic E-state index is 0.158. The molecule has 0 saturated carbocycles. The SMILES string of the molecule is COc1cc(N2CCCn3nc(CNS(C)(=O)=O)cc3C2)nc(N)n1. The van der Waals surface area contributed by atoms with Crippen LogP contribution in [-0.2, 0) is 29.7 Å². The van der Waals surface area contributed by atoms with Gasteiger partial charge in [-0.25, -0.2) is 13.1 Å². The molecule has 0 amide bonds. The number of aromatic nitrogens is 4. The van der Waals surface area contributed by atoms with Crippen LogP contribution in [0.4, 0.5) is 11.8 Å². The quantitative estimate of drug-likeness (QED) is 0.739. The Morgan fingerprint density at radius 3 is 2.84 bits per heavy atom. The number of fused-ring (bicyclic) bond motifs is 1. The minimum atomic E-state index is -3.25. The maximum atomic E-state index is 11.2. The number of nitrogens with zero attached hydrogens (tertiary/aromatic N) is 5. The van der Waals surface area contributed by atoms with Gasteiger partial charge in [-0.3, -0.25) is 4.68 Å². The fourth-order valence-corrected chi connectivity index (χ4v) is 3.12. The number of anilines is 2. The minimum Gasteiger partial charge on any atom is -0.481 e. The maximum Gasteiger partial charge on any atom is 0.225 e. The number of nitrogen functional groups attached to an aromatic ring is 1. The van der Waals surface area contributed by atoms with Crippen molar-refractivity contribution in [3.8, 4) is 5.88 Å². The second-order valence-corrected chi connectivity index (χ2v) is 7.68. The number of sulfonamides is 1. The fraction of sp³-hybridized carbons (Fsp3) is 0.500. The normalized spacial score (nSPS) is 14.9. The molecule has 3 heterocycles.